The summed E-state index contributed by atoms with van der Waals surface area (Å²) in [6.07, 6.45) is 0.974. The van der Waals surface area contributed by atoms with Crippen LogP contribution in [0.4, 0.5) is 6.01 Å². The van der Waals surface area contributed by atoms with Crippen molar-refractivity contribution in [1.82, 2.24) is 10.2 Å². The number of ether oxygens (including phenoxy) is 1. The topological polar surface area (TPSA) is 74.2 Å². The van der Waals surface area contributed by atoms with E-state index in [1.807, 2.05) is 0 Å². The van der Waals surface area contributed by atoms with E-state index >= 15 is 0 Å². The summed E-state index contributed by atoms with van der Waals surface area (Å²) in [6, 6.07) is 0.104. The van der Waals surface area contributed by atoms with Gasteiger partial charge in [-0.3, -0.25) is 0 Å². The Morgan fingerprint density at radius 3 is 2.83 bits per heavy atom. The molecule has 12 heavy (non-hydrogen) atoms. The van der Waals surface area contributed by atoms with Gasteiger partial charge in [0.1, 0.15) is 6.10 Å². The summed E-state index contributed by atoms with van der Waals surface area (Å²) < 4.78 is 10.5. The number of nitrogens with two attached hydrogens (primary N) is 1. The van der Waals surface area contributed by atoms with Gasteiger partial charge in [-0.25, -0.2) is 0 Å². The van der Waals surface area contributed by atoms with Gasteiger partial charge in [0, 0.05) is 6.61 Å². The number of rotatable bonds is 1. The Morgan fingerprint density at radius 2 is 2.33 bits per heavy atom. The molecular formula is C7H11N3O2. The fraction of sp³-hybridized carbons (Fsp3) is 0.714. The lowest BCUT2D eigenvalue weighted by atomic mass is 10.0. The normalized spacial score (nSPS) is 29.4. The van der Waals surface area contributed by atoms with Crippen LogP contribution in [0.15, 0.2) is 4.42 Å². The smallest absolute Gasteiger partial charge is 0.312 e. The van der Waals surface area contributed by atoms with Crippen LogP contribution in [-0.2, 0) is 4.74 Å². The first-order valence-electron chi connectivity index (χ1n) is 3.98. The number of hydrogen-bond donors (Lipinski definition) is 1. The van der Waals surface area contributed by atoms with E-state index in [-0.39, 0.29) is 12.1 Å². The fourth-order valence-electron chi connectivity index (χ4n) is 1.37. The van der Waals surface area contributed by atoms with Gasteiger partial charge in [-0.15, -0.1) is 5.10 Å². The van der Waals surface area contributed by atoms with Crippen LogP contribution >= 0.6 is 0 Å². The van der Waals surface area contributed by atoms with Gasteiger partial charge in [-0.05, 0) is 12.3 Å². The highest BCUT2D eigenvalue weighted by Crippen LogP contribution is 2.33. The minimum absolute atomic E-state index is 0.0604. The third kappa shape index (κ3) is 1.16. The van der Waals surface area contributed by atoms with Gasteiger partial charge in [-0.1, -0.05) is 12.0 Å². The van der Waals surface area contributed by atoms with Crippen molar-refractivity contribution in [2.45, 2.75) is 19.4 Å². The summed E-state index contributed by atoms with van der Waals surface area (Å²) in [6.45, 7) is 2.85. The van der Waals surface area contributed by atoms with E-state index in [1.165, 1.54) is 0 Å². The average Bonchev–Trinajstić information content (AvgIpc) is 2.58. The summed E-state index contributed by atoms with van der Waals surface area (Å²) in [7, 11) is 0. The second-order valence-electron chi connectivity index (χ2n) is 3.04. The molecule has 0 aromatic carbocycles. The molecule has 0 aliphatic carbocycles. The highest BCUT2D eigenvalue weighted by molar-refractivity contribution is 5.06. The SMILES string of the molecule is CC1CCOC1c1nnc(N)o1. The molecule has 66 valence electrons. The van der Waals surface area contributed by atoms with E-state index in [9.17, 15) is 0 Å². The molecule has 1 aliphatic heterocycles. The monoisotopic (exact) mass is 169 g/mol. The van der Waals surface area contributed by atoms with Gasteiger partial charge in [0.2, 0.25) is 5.89 Å². The molecule has 0 saturated carbocycles. The Hall–Kier alpha value is -1.10. The summed E-state index contributed by atoms with van der Waals surface area (Å²) >= 11 is 0. The molecule has 1 saturated heterocycles. The molecular weight excluding hydrogens is 158 g/mol. The summed E-state index contributed by atoms with van der Waals surface area (Å²) in [5.41, 5.74) is 5.30. The predicted octanol–water partition coefficient (Wildman–Crippen LogP) is 0.749. The van der Waals surface area contributed by atoms with Crippen LogP contribution in [0.5, 0.6) is 0 Å². The minimum Gasteiger partial charge on any atom is -0.405 e. The maximum Gasteiger partial charge on any atom is 0.312 e. The molecule has 0 spiro atoms. The van der Waals surface area contributed by atoms with Gasteiger partial charge in [0.15, 0.2) is 0 Å². The lowest BCUT2D eigenvalue weighted by Crippen LogP contribution is -2.03. The molecule has 2 atom stereocenters. The van der Waals surface area contributed by atoms with E-state index in [1.54, 1.807) is 0 Å². The van der Waals surface area contributed by atoms with Crippen LogP contribution < -0.4 is 5.73 Å². The van der Waals surface area contributed by atoms with Crippen LogP contribution in [0.1, 0.15) is 25.3 Å². The van der Waals surface area contributed by atoms with Crippen LogP contribution in [0.3, 0.4) is 0 Å². The molecule has 2 N–H and O–H groups in total. The van der Waals surface area contributed by atoms with Crippen molar-refractivity contribution in [3.63, 3.8) is 0 Å². The van der Waals surface area contributed by atoms with E-state index in [0.717, 1.165) is 13.0 Å². The van der Waals surface area contributed by atoms with Crippen LogP contribution in [0.25, 0.3) is 0 Å². The van der Waals surface area contributed by atoms with Crippen LogP contribution in [0.2, 0.25) is 0 Å². The largest absolute Gasteiger partial charge is 0.405 e. The molecule has 2 heterocycles. The van der Waals surface area contributed by atoms with Gasteiger partial charge in [0.05, 0.1) is 0 Å². The Kier molecular flexibility index (Phi) is 1.73. The highest BCUT2D eigenvalue weighted by atomic mass is 16.5. The first-order valence-corrected chi connectivity index (χ1v) is 3.98. The molecule has 1 aromatic rings. The fourth-order valence-corrected chi connectivity index (χ4v) is 1.37. The zero-order valence-corrected chi connectivity index (χ0v) is 6.86. The highest BCUT2D eigenvalue weighted by Gasteiger charge is 2.30. The molecule has 5 heteroatoms. The van der Waals surface area contributed by atoms with Crippen molar-refractivity contribution in [2.24, 2.45) is 5.92 Å². The molecule has 1 fully saturated rings. The maximum absolute atomic E-state index is 5.41. The summed E-state index contributed by atoms with van der Waals surface area (Å²) in [4.78, 5) is 0. The maximum atomic E-state index is 5.41. The number of hydrogen-bond acceptors (Lipinski definition) is 5. The lowest BCUT2D eigenvalue weighted by Gasteiger charge is -2.07. The van der Waals surface area contributed by atoms with Gasteiger partial charge < -0.3 is 14.9 Å². The first-order chi connectivity index (χ1) is 5.77. The van der Waals surface area contributed by atoms with Gasteiger partial charge >= 0.3 is 6.01 Å². The van der Waals surface area contributed by atoms with Crippen molar-refractivity contribution in [1.29, 1.82) is 0 Å². The van der Waals surface area contributed by atoms with E-state index in [2.05, 4.69) is 17.1 Å². The molecule has 5 nitrogen and oxygen atoms in total. The molecule has 2 rings (SSSR count). The van der Waals surface area contributed by atoms with Gasteiger partial charge in [-0.2, -0.15) is 0 Å². The van der Waals surface area contributed by atoms with Crippen molar-refractivity contribution in [2.75, 3.05) is 12.3 Å². The lowest BCUT2D eigenvalue weighted by molar-refractivity contribution is 0.0721. The zero-order valence-electron chi connectivity index (χ0n) is 6.86. The third-order valence-electron chi connectivity index (χ3n) is 2.09. The van der Waals surface area contributed by atoms with E-state index < -0.39 is 0 Å². The molecule has 0 bridgehead atoms. The number of anilines is 1. The van der Waals surface area contributed by atoms with Crippen LogP contribution in [-0.4, -0.2) is 16.8 Å². The Bertz CT molecular complexity index is 273. The molecule has 2 unspecified atom stereocenters. The minimum atomic E-state index is -0.0604. The molecule has 0 radical (unpaired) electrons. The van der Waals surface area contributed by atoms with E-state index in [4.69, 9.17) is 14.9 Å². The third-order valence-corrected chi connectivity index (χ3v) is 2.09. The molecule has 1 aromatic heterocycles. The number of nitrogen functional groups attached to an aromatic ring is 1. The summed E-state index contributed by atoms with van der Waals surface area (Å²) in [5.74, 6) is 0.933. The first kappa shape index (κ1) is 7.54. The second-order valence-corrected chi connectivity index (χ2v) is 3.04. The zero-order chi connectivity index (χ0) is 8.55. The average molecular weight is 169 g/mol. The Balaban J connectivity index is 2.19. The number of nitrogens with zero attached hydrogens (tertiary/aromatic N) is 2. The quantitative estimate of drug-likeness (QED) is 0.671. The van der Waals surface area contributed by atoms with Crippen molar-refractivity contribution in [3.05, 3.63) is 5.89 Å². The van der Waals surface area contributed by atoms with Crippen molar-refractivity contribution >= 4 is 6.01 Å². The number of aromatic nitrogens is 2. The predicted molar refractivity (Wildman–Crippen MR) is 41.2 cm³/mol. The molecule has 0 amide bonds. The van der Waals surface area contributed by atoms with Crippen LogP contribution in [0, 0.1) is 5.92 Å². The Labute approximate surface area is 69.9 Å². The standard InChI is InChI=1S/C7H11N3O2/c1-4-2-3-11-5(4)6-9-10-7(8)12-6/h4-5H,2-3H2,1H3,(H2,8,10). The van der Waals surface area contributed by atoms with Crippen molar-refractivity contribution < 1.29 is 9.15 Å². The second kappa shape index (κ2) is 2.75. The van der Waals surface area contributed by atoms with Crippen molar-refractivity contribution in [3.8, 4) is 0 Å². The Morgan fingerprint density at radius 1 is 1.50 bits per heavy atom. The molecule has 1 aliphatic rings. The summed E-state index contributed by atoms with van der Waals surface area (Å²) in [5, 5.41) is 7.36. The van der Waals surface area contributed by atoms with E-state index in [0.29, 0.717) is 11.8 Å². The van der Waals surface area contributed by atoms with Gasteiger partial charge in [0.25, 0.3) is 0 Å².